The van der Waals surface area contributed by atoms with Crippen molar-refractivity contribution in [2.24, 2.45) is 4.99 Å². The number of fused-ring (bicyclic) bond motifs is 1. The van der Waals surface area contributed by atoms with Crippen LogP contribution < -0.4 is 9.64 Å². The number of piperidine rings is 1. The first kappa shape index (κ1) is 27.9. The number of rotatable bonds is 5. The van der Waals surface area contributed by atoms with Crippen LogP contribution in [0, 0.1) is 12.1 Å². The van der Waals surface area contributed by atoms with E-state index in [0.29, 0.717) is 5.56 Å². The molecular weight excluding hydrogens is 553 g/mol. The smallest absolute Gasteiger partial charge is 0.416 e. The number of halogens is 5. The van der Waals surface area contributed by atoms with Crippen LogP contribution in [0.5, 0.6) is 5.75 Å². The minimum atomic E-state index is -4.69. The van der Waals surface area contributed by atoms with Crippen molar-refractivity contribution < 1.29 is 36.6 Å². The molecule has 2 aliphatic heterocycles. The maximum absolute atomic E-state index is 16.0. The van der Waals surface area contributed by atoms with Gasteiger partial charge in [0.25, 0.3) is 0 Å². The van der Waals surface area contributed by atoms with Crippen LogP contribution in [0.15, 0.2) is 52.8 Å². The Balaban J connectivity index is 1.60. The number of hydrogen-bond acceptors (Lipinski definition) is 6. The molecule has 0 bridgehead atoms. The highest BCUT2D eigenvalue weighted by Crippen LogP contribution is 2.48. The van der Waals surface area contributed by atoms with Crippen LogP contribution in [-0.4, -0.2) is 42.1 Å². The van der Waals surface area contributed by atoms with E-state index in [-0.39, 0.29) is 54.6 Å². The molecule has 0 saturated carbocycles. The minimum absolute atomic E-state index is 0.0413. The number of benzene rings is 2. The van der Waals surface area contributed by atoms with Crippen LogP contribution in [0.2, 0.25) is 0 Å². The number of carbonyl (C=O) groups is 1. The summed E-state index contributed by atoms with van der Waals surface area (Å²) >= 11 is 0.729. The summed E-state index contributed by atoms with van der Waals surface area (Å²) in [5, 5.41) is 10.5. The molecule has 1 unspecified atom stereocenters. The number of aliphatic carboxylic acids is 1. The van der Waals surface area contributed by atoms with E-state index in [9.17, 15) is 27.5 Å². The number of carboxylic acid groups (broad SMARTS) is 1. The van der Waals surface area contributed by atoms with Gasteiger partial charge in [0, 0.05) is 36.9 Å². The predicted octanol–water partition coefficient (Wildman–Crippen LogP) is 7.21. The van der Waals surface area contributed by atoms with Crippen LogP contribution in [0.1, 0.15) is 47.6 Å². The van der Waals surface area contributed by atoms with Crippen LogP contribution >= 0.6 is 11.3 Å². The van der Waals surface area contributed by atoms with Gasteiger partial charge in [-0.05, 0) is 30.7 Å². The average Bonchev–Trinajstić information content (AvgIpc) is 3.28. The Kier molecular flexibility index (Phi) is 7.24. The fraction of sp³-hybridized carbons (Fsp3) is 0.357. The van der Waals surface area contributed by atoms with Crippen molar-refractivity contribution in [3.05, 3.63) is 75.2 Å². The minimum Gasteiger partial charge on any atom is -0.495 e. The zero-order chi connectivity index (χ0) is 28.8. The summed E-state index contributed by atoms with van der Waals surface area (Å²) in [7, 11) is 1.29. The van der Waals surface area contributed by atoms with Crippen molar-refractivity contribution in [3.63, 3.8) is 0 Å². The lowest BCUT2D eigenvalue weighted by Gasteiger charge is -2.45. The zero-order valence-electron chi connectivity index (χ0n) is 21.6. The highest BCUT2D eigenvalue weighted by molar-refractivity contribution is 7.08. The summed E-state index contributed by atoms with van der Waals surface area (Å²) in [4.78, 5) is 19.5. The summed E-state index contributed by atoms with van der Waals surface area (Å²) < 4.78 is 77.6. The van der Waals surface area contributed by atoms with Gasteiger partial charge in [-0.3, -0.25) is 4.79 Å². The van der Waals surface area contributed by atoms with Gasteiger partial charge in [-0.1, -0.05) is 29.8 Å². The average molecular weight is 580 g/mol. The summed E-state index contributed by atoms with van der Waals surface area (Å²) in [6.45, 7) is 2.13. The molecule has 5 rings (SSSR count). The lowest BCUT2D eigenvalue weighted by molar-refractivity contribution is -0.138. The molecule has 3 aromatic rings. The van der Waals surface area contributed by atoms with Gasteiger partial charge >= 0.3 is 12.1 Å². The Morgan fingerprint density at radius 2 is 1.85 bits per heavy atom. The molecule has 0 amide bonds. The Hall–Kier alpha value is -3.67. The third-order valence-corrected chi connectivity index (χ3v) is 8.16. The molecule has 1 saturated heterocycles. The van der Waals surface area contributed by atoms with E-state index in [4.69, 9.17) is 4.74 Å². The highest BCUT2D eigenvalue weighted by Gasteiger charge is 2.43. The van der Waals surface area contributed by atoms with E-state index < -0.39 is 41.0 Å². The lowest BCUT2D eigenvalue weighted by Crippen LogP contribution is -2.52. The number of thiophene rings is 1. The van der Waals surface area contributed by atoms with Crippen molar-refractivity contribution in [2.75, 3.05) is 25.1 Å². The molecule has 40 heavy (non-hydrogen) atoms. The molecule has 2 aliphatic rings. The fourth-order valence-corrected chi connectivity index (χ4v) is 6.01. The SMILES string of the molecule is COc1ccc(C(F)(F)F)cc1N1C(N2CCC(F)(c3ccc(C)cc3)CC2)=Nc2c(csc2F)C1CC(=O)O. The largest absolute Gasteiger partial charge is 0.495 e. The van der Waals surface area contributed by atoms with Crippen molar-refractivity contribution >= 4 is 34.6 Å². The molecule has 3 heterocycles. The van der Waals surface area contributed by atoms with Crippen molar-refractivity contribution in [2.45, 2.75) is 44.1 Å². The summed E-state index contributed by atoms with van der Waals surface area (Å²) in [5.41, 5.74) is -0.999. The first-order chi connectivity index (χ1) is 18.9. The van der Waals surface area contributed by atoms with E-state index in [1.165, 1.54) is 17.4 Å². The van der Waals surface area contributed by atoms with Crippen LogP contribution in [0.4, 0.5) is 33.3 Å². The van der Waals surface area contributed by atoms with Gasteiger partial charge in [-0.25, -0.2) is 9.38 Å². The molecule has 0 spiro atoms. The number of hydrogen-bond donors (Lipinski definition) is 1. The number of aryl methyl sites for hydroxylation is 1. The van der Waals surface area contributed by atoms with Crippen LogP contribution in [0.25, 0.3) is 0 Å². The molecule has 1 fully saturated rings. The van der Waals surface area contributed by atoms with Crippen molar-refractivity contribution in [1.82, 2.24) is 4.90 Å². The molecule has 1 N–H and O–H groups in total. The molecule has 6 nitrogen and oxygen atoms in total. The predicted molar refractivity (Wildman–Crippen MR) is 142 cm³/mol. The highest BCUT2D eigenvalue weighted by atomic mass is 32.1. The van der Waals surface area contributed by atoms with Gasteiger partial charge in [0.05, 0.1) is 30.8 Å². The van der Waals surface area contributed by atoms with E-state index >= 15 is 4.39 Å². The van der Waals surface area contributed by atoms with Gasteiger partial charge in [-0.15, -0.1) is 11.3 Å². The van der Waals surface area contributed by atoms with Crippen LogP contribution in [-0.2, 0) is 16.6 Å². The third-order valence-electron chi connectivity index (χ3n) is 7.39. The first-order valence-electron chi connectivity index (χ1n) is 12.5. The zero-order valence-corrected chi connectivity index (χ0v) is 22.5. The maximum atomic E-state index is 16.0. The molecule has 12 heteroatoms. The second-order valence-corrected chi connectivity index (χ2v) is 10.7. The summed E-state index contributed by atoms with van der Waals surface area (Å²) in [6, 6.07) is 8.92. The number of nitrogens with zero attached hydrogens (tertiary/aromatic N) is 3. The first-order valence-corrected chi connectivity index (χ1v) is 13.4. The summed E-state index contributed by atoms with van der Waals surface area (Å²) in [6.07, 6.45) is -5.15. The number of methoxy groups -OCH3 is 1. The van der Waals surface area contributed by atoms with Gasteiger partial charge < -0.3 is 19.6 Å². The molecular formula is C28H26F5N3O3S. The van der Waals surface area contributed by atoms with Gasteiger partial charge in [0.1, 0.15) is 17.1 Å². The van der Waals surface area contributed by atoms with E-state index in [1.807, 2.05) is 19.1 Å². The van der Waals surface area contributed by atoms with Gasteiger partial charge in [0.2, 0.25) is 11.1 Å². The number of anilines is 1. The van der Waals surface area contributed by atoms with Crippen LogP contribution in [0.3, 0.4) is 0 Å². The molecule has 0 aliphatic carbocycles. The normalized spacial score (nSPS) is 18.8. The second-order valence-electron chi connectivity index (χ2n) is 9.91. The van der Waals surface area contributed by atoms with Crippen molar-refractivity contribution in [3.8, 4) is 5.75 Å². The maximum Gasteiger partial charge on any atom is 0.416 e. The number of aliphatic imine (C=N–C) groups is 1. The number of ether oxygens (including phenoxy) is 1. The fourth-order valence-electron chi connectivity index (χ4n) is 5.24. The Morgan fingerprint density at radius 3 is 2.45 bits per heavy atom. The quantitative estimate of drug-likeness (QED) is 0.324. The van der Waals surface area contributed by atoms with Gasteiger partial charge in [0.15, 0.2) is 0 Å². The molecule has 212 valence electrons. The molecule has 1 aromatic heterocycles. The van der Waals surface area contributed by atoms with Gasteiger partial charge in [-0.2, -0.15) is 17.6 Å². The Morgan fingerprint density at radius 1 is 1.18 bits per heavy atom. The standard InChI is InChI=1S/C28H26F5N3O3S/c1-16-3-5-17(6-4-16)27(30)9-11-35(12-10-27)26-34-24-19(15-40-25(24)29)20(14-23(37)38)36(26)21-13-18(28(31,32)33)7-8-22(21)39-2/h3-8,13,15,20H,9-12,14H2,1-2H3,(H,37,38). The number of alkyl halides is 4. The Bertz CT molecular complexity index is 1450. The lowest BCUT2D eigenvalue weighted by atomic mass is 9.86. The number of likely N-dealkylation sites (tertiary alicyclic amines) is 1. The molecule has 2 aromatic carbocycles. The molecule has 0 radical (unpaired) electrons. The second kappa shape index (κ2) is 10.4. The van der Waals surface area contributed by atoms with E-state index in [2.05, 4.69) is 4.99 Å². The van der Waals surface area contributed by atoms with E-state index in [1.54, 1.807) is 17.0 Å². The number of carboxylic acids is 1. The van der Waals surface area contributed by atoms with Crippen molar-refractivity contribution in [1.29, 1.82) is 0 Å². The third kappa shape index (κ3) is 5.12. The summed E-state index contributed by atoms with van der Waals surface area (Å²) in [5.74, 6) is -1.15. The van der Waals surface area contributed by atoms with E-state index in [0.717, 1.165) is 35.1 Å². The Labute approximate surface area is 231 Å². The number of guanidine groups is 1. The monoisotopic (exact) mass is 579 g/mol. The topological polar surface area (TPSA) is 65.4 Å². The molecule has 1 atom stereocenters.